The first-order valence-electron chi connectivity index (χ1n) is 14.4. The summed E-state index contributed by atoms with van der Waals surface area (Å²) in [7, 11) is 0. The largest absolute Gasteiger partial charge is 0.508 e. The Kier molecular flexibility index (Phi) is 14.1. The molecule has 44 heavy (non-hydrogen) atoms. The molecule has 0 radical (unpaired) electrons. The Bertz CT molecular complexity index is 1290. The third kappa shape index (κ3) is 11.5. The van der Waals surface area contributed by atoms with E-state index in [9.17, 15) is 24.3 Å². The molecular weight excluding hydrogens is 566 g/mol. The molecule has 0 spiro atoms. The van der Waals surface area contributed by atoms with Crippen molar-refractivity contribution < 1.29 is 24.3 Å². The predicted octanol–water partition coefficient (Wildman–Crippen LogP) is -1.54. The molecule has 0 aromatic heterocycles. The summed E-state index contributed by atoms with van der Waals surface area (Å²) in [6.07, 6.45) is 0.849. The monoisotopic (exact) mass is 611 g/mol. The number of phenols is 1. The van der Waals surface area contributed by atoms with Crippen molar-refractivity contribution >= 4 is 29.6 Å². The maximum atomic E-state index is 13.6. The van der Waals surface area contributed by atoms with Crippen LogP contribution in [0.1, 0.15) is 41.5 Å². The number of guanidine groups is 1. The van der Waals surface area contributed by atoms with Crippen LogP contribution in [0.25, 0.3) is 0 Å². The lowest BCUT2D eigenvalue weighted by Gasteiger charge is -2.26. The molecule has 4 atom stereocenters. The van der Waals surface area contributed by atoms with Crippen LogP contribution in [-0.2, 0) is 32.0 Å². The molecule has 2 aromatic carbocycles. The second kappa shape index (κ2) is 17.4. The van der Waals surface area contributed by atoms with E-state index in [0.29, 0.717) is 6.42 Å². The molecule has 0 bridgehead atoms. The predicted molar refractivity (Wildman–Crippen MR) is 168 cm³/mol. The lowest BCUT2D eigenvalue weighted by molar-refractivity contribution is -0.133. The Morgan fingerprint density at radius 3 is 1.95 bits per heavy atom. The maximum absolute atomic E-state index is 13.6. The quantitative estimate of drug-likeness (QED) is 0.0569. The van der Waals surface area contributed by atoms with Gasteiger partial charge in [-0.2, -0.15) is 0 Å². The van der Waals surface area contributed by atoms with Crippen LogP contribution in [0.4, 0.5) is 0 Å². The summed E-state index contributed by atoms with van der Waals surface area (Å²) in [5.41, 5.74) is 31.2. The number of phenolic OH excluding ortho intramolecular Hbond substituents is 1. The van der Waals surface area contributed by atoms with Gasteiger partial charge in [0.25, 0.3) is 0 Å². The standard InChI is InChI=1S/C30H45N9O5/c1-17-13-20(40)14-18(2)21(17)16-22(32)27(42)38-24(9-6-12-36-30(34)35)28(43)39-25(15-19-7-4-3-5-8-19)29(44)37-23(10-11-31)26(33)41/h3-5,7-8,13-14,22-25,40H,6,9-12,15-16,31-32H2,1-2H3,(H2,33,41)(H,37,44)(H,38,42)(H,39,43)(H4,34,35,36). The first-order valence-corrected chi connectivity index (χ1v) is 14.4. The van der Waals surface area contributed by atoms with Crippen molar-refractivity contribution in [1.29, 1.82) is 0 Å². The molecule has 0 heterocycles. The van der Waals surface area contributed by atoms with Gasteiger partial charge in [0.2, 0.25) is 23.6 Å². The molecule has 0 aliphatic carbocycles. The summed E-state index contributed by atoms with van der Waals surface area (Å²) in [6, 6.07) is 7.90. The van der Waals surface area contributed by atoms with E-state index in [-0.39, 0.29) is 50.5 Å². The fraction of sp³-hybridized carbons (Fsp3) is 0.433. The van der Waals surface area contributed by atoms with Gasteiger partial charge in [-0.15, -0.1) is 0 Å². The molecule has 14 nitrogen and oxygen atoms in total. The number of primary amides is 1. The Morgan fingerprint density at radius 2 is 1.39 bits per heavy atom. The number of hydrogen-bond acceptors (Lipinski definition) is 8. The Morgan fingerprint density at radius 1 is 0.818 bits per heavy atom. The zero-order chi connectivity index (χ0) is 32.8. The van der Waals surface area contributed by atoms with E-state index in [4.69, 9.17) is 28.7 Å². The van der Waals surface area contributed by atoms with Crippen LogP contribution in [0.2, 0.25) is 0 Å². The first kappa shape index (κ1) is 35.5. The third-order valence-electron chi connectivity index (χ3n) is 7.05. The fourth-order valence-corrected chi connectivity index (χ4v) is 4.71. The molecule has 240 valence electrons. The summed E-state index contributed by atoms with van der Waals surface area (Å²) >= 11 is 0. The summed E-state index contributed by atoms with van der Waals surface area (Å²) in [6.45, 7) is 3.92. The van der Waals surface area contributed by atoms with Crippen LogP contribution >= 0.6 is 0 Å². The number of amides is 4. The highest BCUT2D eigenvalue weighted by Crippen LogP contribution is 2.22. The minimum Gasteiger partial charge on any atom is -0.508 e. The van der Waals surface area contributed by atoms with Crippen LogP contribution in [-0.4, -0.2) is 72.0 Å². The molecule has 0 fully saturated rings. The number of aromatic hydroxyl groups is 1. The van der Waals surface area contributed by atoms with Crippen molar-refractivity contribution in [3.05, 3.63) is 64.7 Å². The normalized spacial score (nSPS) is 13.5. The molecule has 4 unspecified atom stereocenters. The van der Waals surface area contributed by atoms with E-state index in [1.54, 1.807) is 50.2 Å². The van der Waals surface area contributed by atoms with Gasteiger partial charge in [-0.25, -0.2) is 0 Å². The van der Waals surface area contributed by atoms with Gasteiger partial charge in [0.1, 0.15) is 23.9 Å². The smallest absolute Gasteiger partial charge is 0.243 e. The van der Waals surface area contributed by atoms with Gasteiger partial charge in [0, 0.05) is 13.0 Å². The van der Waals surface area contributed by atoms with Gasteiger partial charge in [0.15, 0.2) is 5.96 Å². The minimum absolute atomic E-state index is 0.0973. The molecule has 4 amide bonds. The van der Waals surface area contributed by atoms with Crippen LogP contribution in [0.5, 0.6) is 5.75 Å². The highest BCUT2D eigenvalue weighted by Gasteiger charge is 2.30. The Labute approximate surface area is 257 Å². The number of aliphatic imine (C=N–C) groups is 1. The van der Waals surface area contributed by atoms with E-state index in [0.717, 1.165) is 22.3 Å². The van der Waals surface area contributed by atoms with E-state index >= 15 is 0 Å². The highest BCUT2D eigenvalue weighted by atomic mass is 16.3. The van der Waals surface area contributed by atoms with E-state index in [1.807, 2.05) is 6.07 Å². The number of hydrogen-bond donors (Lipinski definition) is 9. The molecule has 0 aliphatic heterocycles. The molecule has 2 aromatic rings. The van der Waals surface area contributed by atoms with Crippen LogP contribution in [0, 0.1) is 13.8 Å². The van der Waals surface area contributed by atoms with Gasteiger partial charge < -0.3 is 49.7 Å². The average Bonchev–Trinajstić information content (AvgIpc) is 2.95. The number of rotatable bonds is 17. The summed E-state index contributed by atoms with van der Waals surface area (Å²) in [5, 5.41) is 17.8. The van der Waals surface area contributed by atoms with Crippen molar-refractivity contribution in [2.24, 2.45) is 33.7 Å². The van der Waals surface area contributed by atoms with Gasteiger partial charge in [-0.3, -0.25) is 24.2 Å². The van der Waals surface area contributed by atoms with Gasteiger partial charge in [-0.1, -0.05) is 30.3 Å². The van der Waals surface area contributed by atoms with Crippen molar-refractivity contribution in [3.63, 3.8) is 0 Å². The number of nitrogens with two attached hydrogens (primary N) is 5. The SMILES string of the molecule is Cc1cc(O)cc(C)c1CC(N)C(=O)NC(CCCN=C(N)N)C(=O)NC(Cc1ccccc1)C(=O)NC(CCN)C(N)=O. The van der Waals surface area contributed by atoms with E-state index < -0.39 is 47.8 Å². The van der Waals surface area contributed by atoms with Crippen molar-refractivity contribution in [2.45, 2.75) is 70.1 Å². The number of nitrogens with one attached hydrogen (secondary N) is 3. The zero-order valence-corrected chi connectivity index (χ0v) is 25.2. The van der Waals surface area contributed by atoms with Crippen molar-refractivity contribution in [2.75, 3.05) is 13.1 Å². The second-order valence-electron chi connectivity index (χ2n) is 10.7. The maximum Gasteiger partial charge on any atom is 0.243 e. The number of benzene rings is 2. The topological polar surface area (TPSA) is 267 Å². The number of carbonyl (C=O) groups is 4. The molecule has 2 rings (SSSR count). The minimum atomic E-state index is -1.11. The van der Waals surface area contributed by atoms with Gasteiger partial charge >= 0.3 is 0 Å². The Hall–Kier alpha value is -4.69. The number of aryl methyl sites for hydroxylation is 2. The van der Waals surface area contributed by atoms with E-state index in [1.165, 1.54) is 0 Å². The summed E-state index contributed by atoms with van der Waals surface area (Å²) in [5.74, 6) is -2.62. The van der Waals surface area contributed by atoms with Crippen molar-refractivity contribution in [3.8, 4) is 5.75 Å². The van der Waals surface area contributed by atoms with Crippen molar-refractivity contribution in [1.82, 2.24) is 16.0 Å². The molecule has 14 heteroatoms. The van der Waals surface area contributed by atoms with E-state index in [2.05, 4.69) is 20.9 Å². The molecule has 14 N–H and O–H groups in total. The molecule has 0 saturated carbocycles. The molecule has 0 saturated heterocycles. The average molecular weight is 612 g/mol. The third-order valence-corrected chi connectivity index (χ3v) is 7.05. The number of carbonyl (C=O) groups excluding carboxylic acids is 4. The lowest BCUT2D eigenvalue weighted by atomic mass is 9.95. The van der Waals surface area contributed by atoms with Crippen LogP contribution in [0.15, 0.2) is 47.5 Å². The lowest BCUT2D eigenvalue weighted by Crippen LogP contribution is -2.58. The van der Waals surface area contributed by atoms with Crippen LogP contribution < -0.4 is 44.6 Å². The summed E-state index contributed by atoms with van der Waals surface area (Å²) < 4.78 is 0. The number of nitrogens with zero attached hydrogens (tertiary/aromatic N) is 1. The molecular formula is C30H45N9O5. The van der Waals surface area contributed by atoms with Crippen LogP contribution in [0.3, 0.4) is 0 Å². The second-order valence-corrected chi connectivity index (χ2v) is 10.7. The highest BCUT2D eigenvalue weighted by molar-refractivity contribution is 5.94. The summed E-state index contributed by atoms with van der Waals surface area (Å²) in [4.78, 5) is 55.9. The Balaban J connectivity index is 2.27. The fourth-order valence-electron chi connectivity index (χ4n) is 4.71. The van der Waals surface area contributed by atoms with Gasteiger partial charge in [-0.05, 0) is 80.5 Å². The van der Waals surface area contributed by atoms with Gasteiger partial charge in [0.05, 0.1) is 6.04 Å². The molecule has 0 aliphatic rings. The first-order chi connectivity index (χ1) is 20.8. The zero-order valence-electron chi connectivity index (χ0n) is 25.2.